The minimum Gasteiger partial charge on any atom is -0.454 e. The first-order valence-corrected chi connectivity index (χ1v) is 8.49. The van der Waals surface area contributed by atoms with Crippen molar-refractivity contribution in [2.45, 2.75) is 13.0 Å². The van der Waals surface area contributed by atoms with Gasteiger partial charge in [-0.2, -0.15) is 0 Å². The van der Waals surface area contributed by atoms with Crippen LogP contribution in [0.15, 0.2) is 36.4 Å². The number of likely N-dealkylation sites (N-methyl/N-ethyl adjacent to an activating group) is 1. The molecule has 3 amide bonds. The summed E-state index contributed by atoms with van der Waals surface area (Å²) < 4.78 is 36.8. The maximum atomic E-state index is 13.4. The highest BCUT2D eigenvalue weighted by Crippen LogP contribution is 2.34. The second kappa shape index (κ2) is 8.22. The number of carbonyl (C=O) groups excluding carboxylic acids is 2. The zero-order valence-electron chi connectivity index (χ0n) is 15.3. The van der Waals surface area contributed by atoms with E-state index in [1.54, 1.807) is 37.1 Å². The predicted molar refractivity (Wildman–Crippen MR) is 97.1 cm³/mol. The number of benzene rings is 2. The monoisotopic (exact) mass is 391 g/mol. The van der Waals surface area contributed by atoms with Gasteiger partial charge in [-0.15, -0.1) is 0 Å². The van der Waals surface area contributed by atoms with Crippen LogP contribution in [0.2, 0.25) is 0 Å². The fourth-order valence-electron chi connectivity index (χ4n) is 2.69. The smallest absolute Gasteiger partial charge is 0.325 e. The maximum absolute atomic E-state index is 13.4. The van der Waals surface area contributed by atoms with Crippen molar-refractivity contribution in [3.05, 3.63) is 53.6 Å². The first-order valence-electron chi connectivity index (χ1n) is 8.49. The molecule has 0 fully saturated rings. The molecule has 0 saturated heterocycles. The van der Waals surface area contributed by atoms with E-state index in [0.29, 0.717) is 22.7 Å². The molecule has 0 spiro atoms. The van der Waals surface area contributed by atoms with Gasteiger partial charge in [0.05, 0.1) is 6.54 Å². The summed E-state index contributed by atoms with van der Waals surface area (Å²) >= 11 is 0. The van der Waals surface area contributed by atoms with Gasteiger partial charge in [-0.05, 0) is 43.8 Å². The number of amides is 3. The Bertz CT molecular complexity index is 907. The molecule has 1 atom stereocenters. The average Bonchev–Trinajstić information content (AvgIpc) is 3.10. The Balaban J connectivity index is 1.52. The van der Waals surface area contributed by atoms with Crippen molar-refractivity contribution in [3.8, 4) is 11.5 Å². The summed E-state index contributed by atoms with van der Waals surface area (Å²) in [6.07, 6.45) is 0. The van der Waals surface area contributed by atoms with Crippen molar-refractivity contribution in [2.75, 3.05) is 25.7 Å². The van der Waals surface area contributed by atoms with Crippen LogP contribution in [0.5, 0.6) is 11.5 Å². The van der Waals surface area contributed by atoms with Crippen molar-refractivity contribution < 1.29 is 27.8 Å². The number of anilines is 1. The lowest BCUT2D eigenvalue weighted by Gasteiger charge is -2.24. The second-order valence-electron chi connectivity index (χ2n) is 6.33. The van der Waals surface area contributed by atoms with Gasteiger partial charge in [0.2, 0.25) is 12.7 Å². The summed E-state index contributed by atoms with van der Waals surface area (Å²) in [5.41, 5.74) is 0.956. The minimum absolute atomic E-state index is 0.116. The molecule has 0 bridgehead atoms. The van der Waals surface area contributed by atoms with E-state index in [1.807, 2.05) is 0 Å². The number of rotatable bonds is 5. The largest absolute Gasteiger partial charge is 0.454 e. The van der Waals surface area contributed by atoms with Gasteiger partial charge in [0.25, 0.3) is 0 Å². The van der Waals surface area contributed by atoms with Crippen LogP contribution < -0.4 is 20.1 Å². The van der Waals surface area contributed by atoms with Crippen molar-refractivity contribution in [1.82, 2.24) is 10.2 Å². The van der Waals surface area contributed by atoms with Gasteiger partial charge < -0.3 is 14.8 Å². The molecule has 1 aliphatic heterocycles. The molecule has 28 heavy (non-hydrogen) atoms. The molecule has 1 unspecified atom stereocenters. The number of ether oxygens (including phenoxy) is 2. The van der Waals surface area contributed by atoms with Crippen molar-refractivity contribution in [3.63, 3.8) is 0 Å². The van der Waals surface area contributed by atoms with E-state index >= 15 is 0 Å². The third-order valence-electron chi connectivity index (χ3n) is 4.36. The minimum atomic E-state index is -0.953. The van der Waals surface area contributed by atoms with Gasteiger partial charge >= 0.3 is 6.03 Å². The van der Waals surface area contributed by atoms with Crippen molar-refractivity contribution in [2.24, 2.45) is 0 Å². The first kappa shape index (κ1) is 19.6. The van der Waals surface area contributed by atoms with E-state index in [0.717, 1.165) is 12.1 Å². The number of halogens is 2. The van der Waals surface area contributed by atoms with Crippen LogP contribution in [0, 0.1) is 11.6 Å². The number of hydrogen-bond acceptors (Lipinski definition) is 5. The van der Waals surface area contributed by atoms with Gasteiger partial charge in [0.1, 0.15) is 0 Å². The number of hydrogen-bond donors (Lipinski definition) is 2. The number of nitrogens with zero attached hydrogens (tertiary/aromatic N) is 1. The van der Waals surface area contributed by atoms with Gasteiger partial charge in [-0.3, -0.25) is 15.0 Å². The van der Waals surface area contributed by atoms with Crippen LogP contribution in [0.3, 0.4) is 0 Å². The fourth-order valence-corrected chi connectivity index (χ4v) is 2.69. The van der Waals surface area contributed by atoms with Crippen LogP contribution in [-0.2, 0) is 4.79 Å². The number of fused-ring (bicyclic) bond motifs is 1. The highest BCUT2D eigenvalue weighted by Gasteiger charge is 2.19. The molecule has 1 heterocycles. The Morgan fingerprint density at radius 3 is 2.61 bits per heavy atom. The fraction of sp³-hybridized carbons (Fsp3) is 0.263. The van der Waals surface area contributed by atoms with Gasteiger partial charge in [-0.25, -0.2) is 13.6 Å². The van der Waals surface area contributed by atoms with Crippen LogP contribution >= 0.6 is 0 Å². The first-order chi connectivity index (χ1) is 13.3. The molecule has 7 nitrogen and oxygen atoms in total. The Labute approximate surface area is 160 Å². The second-order valence-corrected chi connectivity index (χ2v) is 6.33. The summed E-state index contributed by atoms with van der Waals surface area (Å²) in [6.45, 7) is 1.74. The lowest BCUT2D eigenvalue weighted by Crippen LogP contribution is -2.41. The topological polar surface area (TPSA) is 79.9 Å². The predicted octanol–water partition coefficient (Wildman–Crippen LogP) is 3.03. The van der Waals surface area contributed by atoms with Crippen molar-refractivity contribution >= 4 is 17.6 Å². The highest BCUT2D eigenvalue weighted by molar-refractivity contribution is 6.01. The zero-order valence-corrected chi connectivity index (χ0v) is 15.3. The van der Waals surface area contributed by atoms with E-state index in [9.17, 15) is 18.4 Å². The number of imide groups is 1. The average molecular weight is 391 g/mol. The lowest BCUT2D eigenvalue weighted by atomic mass is 10.1. The Morgan fingerprint density at radius 2 is 1.86 bits per heavy atom. The van der Waals surface area contributed by atoms with E-state index in [4.69, 9.17) is 9.47 Å². The van der Waals surface area contributed by atoms with Crippen molar-refractivity contribution in [1.29, 1.82) is 0 Å². The molecule has 2 aromatic rings. The quantitative estimate of drug-likeness (QED) is 0.819. The highest BCUT2D eigenvalue weighted by atomic mass is 19.2. The summed E-state index contributed by atoms with van der Waals surface area (Å²) in [5, 5.41) is 4.75. The molecule has 0 radical (unpaired) electrons. The summed E-state index contributed by atoms with van der Waals surface area (Å²) in [5.74, 6) is -1.35. The molecule has 148 valence electrons. The molecule has 1 aliphatic rings. The third kappa shape index (κ3) is 4.55. The lowest BCUT2D eigenvalue weighted by molar-refractivity contribution is -0.121. The standard InChI is InChI=1S/C19H19F2N3O4/c1-11(12-3-5-14(20)15(21)7-12)24(2)9-18(25)23-19(26)22-13-4-6-16-17(8-13)28-10-27-16/h3-8,11H,9-10H2,1-2H3,(H2,22,23,25,26). The molecular formula is C19H19F2N3O4. The molecule has 2 aromatic carbocycles. The Kier molecular flexibility index (Phi) is 5.74. The Morgan fingerprint density at radius 1 is 1.11 bits per heavy atom. The molecule has 3 rings (SSSR count). The van der Waals surface area contributed by atoms with Gasteiger partial charge in [-0.1, -0.05) is 6.07 Å². The van der Waals surface area contributed by atoms with E-state index in [-0.39, 0.29) is 19.4 Å². The molecule has 0 aromatic heterocycles. The van der Waals surface area contributed by atoms with Gasteiger partial charge in [0, 0.05) is 17.8 Å². The van der Waals surface area contributed by atoms with Crippen LogP contribution in [0.25, 0.3) is 0 Å². The Hall–Kier alpha value is -3.20. The third-order valence-corrected chi connectivity index (χ3v) is 4.36. The number of nitrogens with one attached hydrogen (secondary N) is 2. The van der Waals surface area contributed by atoms with Crippen LogP contribution in [0.1, 0.15) is 18.5 Å². The van der Waals surface area contributed by atoms with Crippen LogP contribution in [0.4, 0.5) is 19.3 Å². The maximum Gasteiger partial charge on any atom is 0.325 e. The molecule has 9 heteroatoms. The molecule has 0 aliphatic carbocycles. The number of carbonyl (C=O) groups is 2. The number of urea groups is 1. The zero-order chi connectivity index (χ0) is 20.3. The molecule has 2 N–H and O–H groups in total. The molecular weight excluding hydrogens is 372 g/mol. The van der Waals surface area contributed by atoms with Crippen LogP contribution in [-0.4, -0.2) is 37.2 Å². The summed E-state index contributed by atoms with van der Waals surface area (Å²) in [4.78, 5) is 25.7. The summed E-state index contributed by atoms with van der Waals surface area (Å²) in [6, 6.07) is 7.36. The van der Waals surface area contributed by atoms with Gasteiger partial charge in [0.15, 0.2) is 23.1 Å². The SMILES string of the molecule is CC(c1ccc(F)c(F)c1)N(C)CC(=O)NC(=O)Nc1ccc2c(c1)OCO2. The van der Waals surface area contributed by atoms with E-state index in [1.165, 1.54) is 6.07 Å². The van der Waals surface area contributed by atoms with E-state index < -0.39 is 23.6 Å². The summed E-state index contributed by atoms with van der Waals surface area (Å²) in [7, 11) is 1.64. The molecule has 0 saturated carbocycles. The normalized spacial score (nSPS) is 13.3. The van der Waals surface area contributed by atoms with E-state index in [2.05, 4.69) is 10.6 Å².